The third-order valence-corrected chi connectivity index (χ3v) is 11.4. The van der Waals surface area contributed by atoms with Gasteiger partial charge in [-0.2, -0.15) is 0 Å². The van der Waals surface area contributed by atoms with Gasteiger partial charge in [0.15, 0.2) is 0 Å². The number of esters is 1. The molecule has 0 aliphatic rings. The Kier molecular flexibility index (Phi) is 45.7. The molecule has 1 amide bonds. The molecule has 60 heavy (non-hydrogen) atoms. The fourth-order valence-corrected chi connectivity index (χ4v) is 7.49. The molecular formula is C54H97NO5. The first kappa shape index (κ1) is 57.6. The number of unbranched alkanes of at least 4 members (excludes halogenated alkanes) is 24. The third-order valence-electron chi connectivity index (χ3n) is 11.4. The Bertz CT molecular complexity index is 1080. The second kappa shape index (κ2) is 47.6. The number of hydrogen-bond acceptors (Lipinski definition) is 5. The van der Waals surface area contributed by atoms with Crippen LogP contribution in [-0.4, -0.2) is 46.9 Å². The van der Waals surface area contributed by atoms with Gasteiger partial charge in [-0.3, -0.25) is 9.59 Å². The van der Waals surface area contributed by atoms with E-state index in [9.17, 15) is 19.8 Å². The van der Waals surface area contributed by atoms with Crippen LogP contribution in [0.4, 0.5) is 0 Å². The van der Waals surface area contributed by atoms with Crippen molar-refractivity contribution in [2.45, 2.75) is 264 Å². The number of aliphatic hydroxyl groups is 2. The predicted molar refractivity (Wildman–Crippen MR) is 259 cm³/mol. The molecule has 0 bridgehead atoms. The van der Waals surface area contributed by atoms with E-state index in [0.29, 0.717) is 19.3 Å². The number of allylic oxidation sites excluding steroid dienone is 10. The Balaban J connectivity index is 4.62. The first-order valence-electron chi connectivity index (χ1n) is 25.5. The van der Waals surface area contributed by atoms with Crippen molar-refractivity contribution in [3.05, 3.63) is 60.8 Å². The fraction of sp³-hybridized carbons (Fsp3) is 0.778. The van der Waals surface area contributed by atoms with Crippen LogP contribution in [0.1, 0.15) is 245 Å². The van der Waals surface area contributed by atoms with Crippen molar-refractivity contribution in [2.24, 2.45) is 0 Å². The molecule has 348 valence electrons. The number of ether oxygens (including phenoxy) is 1. The number of aliphatic hydroxyl groups excluding tert-OH is 2. The Hall–Kier alpha value is -2.44. The van der Waals surface area contributed by atoms with E-state index >= 15 is 0 Å². The molecule has 3 N–H and O–H groups in total. The highest BCUT2D eigenvalue weighted by atomic mass is 16.5. The minimum atomic E-state index is -0.796. The van der Waals surface area contributed by atoms with E-state index in [1.54, 1.807) is 0 Å². The molecular weight excluding hydrogens is 743 g/mol. The summed E-state index contributed by atoms with van der Waals surface area (Å²) in [7, 11) is 0. The first-order valence-corrected chi connectivity index (χ1v) is 25.5. The Labute approximate surface area is 371 Å². The van der Waals surface area contributed by atoms with Gasteiger partial charge < -0.3 is 20.3 Å². The van der Waals surface area contributed by atoms with Crippen molar-refractivity contribution >= 4 is 11.9 Å². The highest BCUT2D eigenvalue weighted by molar-refractivity contribution is 5.77. The van der Waals surface area contributed by atoms with Crippen molar-refractivity contribution in [3.63, 3.8) is 0 Å². The molecule has 0 fully saturated rings. The molecule has 0 saturated heterocycles. The Morgan fingerprint density at radius 3 is 1.50 bits per heavy atom. The molecule has 0 saturated carbocycles. The summed E-state index contributed by atoms with van der Waals surface area (Å²) in [5.41, 5.74) is 0. The predicted octanol–water partition coefficient (Wildman–Crippen LogP) is 15.2. The van der Waals surface area contributed by atoms with Gasteiger partial charge in [-0.05, 0) is 83.5 Å². The van der Waals surface area contributed by atoms with Crippen molar-refractivity contribution in [3.8, 4) is 0 Å². The molecule has 6 heteroatoms. The van der Waals surface area contributed by atoms with Crippen LogP contribution in [0.3, 0.4) is 0 Å². The SMILES string of the molecule is CC/C=C/C/C=C/C/C=C/CCCCCCCCC(=O)OC(CCCCCC/C=C/C=C/CCCCC)CC(=O)NC(CO)C(O)CCCCCCCCCCCCCC. The van der Waals surface area contributed by atoms with E-state index in [1.165, 1.54) is 96.3 Å². The summed E-state index contributed by atoms with van der Waals surface area (Å²) in [6, 6.07) is -0.711. The second-order valence-corrected chi connectivity index (χ2v) is 17.2. The van der Waals surface area contributed by atoms with E-state index in [0.717, 1.165) is 103 Å². The summed E-state index contributed by atoms with van der Waals surface area (Å²) in [6.45, 7) is 6.33. The van der Waals surface area contributed by atoms with Crippen LogP contribution in [0.2, 0.25) is 0 Å². The molecule has 0 aromatic rings. The minimum Gasteiger partial charge on any atom is -0.462 e. The number of hydrogen-bond donors (Lipinski definition) is 3. The van der Waals surface area contributed by atoms with Gasteiger partial charge in [0.25, 0.3) is 0 Å². The lowest BCUT2D eigenvalue weighted by Gasteiger charge is -2.24. The maximum Gasteiger partial charge on any atom is 0.306 e. The molecule has 0 aliphatic carbocycles. The van der Waals surface area contributed by atoms with Crippen molar-refractivity contribution in [2.75, 3.05) is 6.61 Å². The van der Waals surface area contributed by atoms with E-state index in [1.807, 2.05) is 0 Å². The summed E-state index contributed by atoms with van der Waals surface area (Å²) in [5.74, 6) is -0.508. The van der Waals surface area contributed by atoms with E-state index in [4.69, 9.17) is 4.74 Å². The lowest BCUT2D eigenvalue weighted by molar-refractivity contribution is -0.151. The molecule has 3 unspecified atom stereocenters. The van der Waals surface area contributed by atoms with Crippen LogP contribution in [0.25, 0.3) is 0 Å². The molecule has 0 spiro atoms. The highest BCUT2D eigenvalue weighted by Crippen LogP contribution is 2.17. The Morgan fingerprint density at radius 1 is 0.517 bits per heavy atom. The van der Waals surface area contributed by atoms with Gasteiger partial charge in [-0.1, -0.05) is 210 Å². The smallest absolute Gasteiger partial charge is 0.306 e. The Morgan fingerprint density at radius 2 is 0.950 bits per heavy atom. The molecule has 0 aromatic carbocycles. The topological polar surface area (TPSA) is 95.9 Å². The number of carbonyl (C=O) groups excluding carboxylic acids is 2. The third kappa shape index (κ3) is 42.3. The van der Waals surface area contributed by atoms with Gasteiger partial charge >= 0.3 is 5.97 Å². The van der Waals surface area contributed by atoms with Crippen LogP contribution in [0.15, 0.2) is 60.8 Å². The van der Waals surface area contributed by atoms with E-state index < -0.39 is 18.2 Å². The first-order chi connectivity index (χ1) is 29.5. The standard InChI is InChI=1S/C54H97NO5/c1-4-7-10-13-16-19-22-25-26-27-29-32-35-38-41-44-47-54(59)60-50(45-42-39-36-33-30-28-23-20-17-14-11-8-5-2)48-53(58)55-51(49-56)52(57)46-43-40-37-34-31-24-21-18-15-12-9-6-3/h7,10,16-17,19-20,23,25-26,28,50-52,56-57H,4-6,8-9,11-15,18,21-22,24,27,29-49H2,1-3H3,(H,55,58)/b10-7+,19-16+,20-17+,26-25+,28-23+. The second-order valence-electron chi connectivity index (χ2n) is 17.2. The number of nitrogens with one attached hydrogen (secondary N) is 1. The summed E-state index contributed by atoms with van der Waals surface area (Å²) >= 11 is 0. The van der Waals surface area contributed by atoms with Crippen LogP contribution < -0.4 is 5.32 Å². The van der Waals surface area contributed by atoms with E-state index in [-0.39, 0.29) is 24.9 Å². The fourth-order valence-electron chi connectivity index (χ4n) is 7.49. The van der Waals surface area contributed by atoms with Gasteiger partial charge in [-0.15, -0.1) is 0 Å². The summed E-state index contributed by atoms with van der Waals surface area (Å²) in [4.78, 5) is 26.1. The summed E-state index contributed by atoms with van der Waals surface area (Å²) in [6.07, 6.45) is 58.4. The summed E-state index contributed by atoms with van der Waals surface area (Å²) in [5, 5.41) is 23.7. The molecule has 0 heterocycles. The van der Waals surface area contributed by atoms with Gasteiger partial charge in [0, 0.05) is 6.42 Å². The van der Waals surface area contributed by atoms with Crippen LogP contribution in [0, 0.1) is 0 Å². The minimum absolute atomic E-state index is 0.0575. The largest absolute Gasteiger partial charge is 0.462 e. The molecule has 0 rings (SSSR count). The molecule has 3 atom stereocenters. The van der Waals surface area contributed by atoms with Crippen LogP contribution >= 0.6 is 0 Å². The average molecular weight is 840 g/mol. The van der Waals surface area contributed by atoms with Crippen LogP contribution in [0.5, 0.6) is 0 Å². The van der Waals surface area contributed by atoms with Gasteiger partial charge in [-0.25, -0.2) is 0 Å². The van der Waals surface area contributed by atoms with E-state index in [2.05, 4.69) is 86.8 Å². The lowest BCUT2D eigenvalue weighted by Crippen LogP contribution is -2.46. The quantitative estimate of drug-likeness (QED) is 0.0246. The maximum atomic E-state index is 13.2. The molecule has 6 nitrogen and oxygen atoms in total. The average Bonchev–Trinajstić information content (AvgIpc) is 3.24. The zero-order chi connectivity index (χ0) is 43.8. The van der Waals surface area contributed by atoms with Crippen molar-refractivity contribution in [1.29, 1.82) is 0 Å². The molecule has 0 aromatic heterocycles. The molecule has 0 aliphatic heterocycles. The number of rotatable bonds is 45. The maximum absolute atomic E-state index is 13.2. The molecule has 0 radical (unpaired) electrons. The summed E-state index contributed by atoms with van der Waals surface area (Å²) < 4.78 is 5.92. The normalized spacial score (nSPS) is 13.8. The van der Waals surface area contributed by atoms with Crippen molar-refractivity contribution < 1.29 is 24.5 Å². The highest BCUT2D eigenvalue weighted by Gasteiger charge is 2.24. The van der Waals surface area contributed by atoms with Gasteiger partial charge in [0.05, 0.1) is 25.2 Å². The van der Waals surface area contributed by atoms with Gasteiger partial charge in [0.2, 0.25) is 5.91 Å². The zero-order valence-corrected chi connectivity index (χ0v) is 39.6. The van der Waals surface area contributed by atoms with Gasteiger partial charge in [0.1, 0.15) is 6.10 Å². The van der Waals surface area contributed by atoms with Crippen LogP contribution in [-0.2, 0) is 14.3 Å². The number of amides is 1. The monoisotopic (exact) mass is 840 g/mol. The lowest BCUT2D eigenvalue weighted by atomic mass is 10.0. The van der Waals surface area contributed by atoms with Crippen molar-refractivity contribution in [1.82, 2.24) is 5.32 Å². The zero-order valence-electron chi connectivity index (χ0n) is 39.6. The number of carbonyl (C=O) groups is 2.